The lowest BCUT2D eigenvalue weighted by Gasteiger charge is -2.38. The Morgan fingerprint density at radius 3 is 2.76 bits per heavy atom. The molecule has 1 amide bonds. The molecule has 25 heavy (non-hydrogen) atoms. The van der Waals surface area contributed by atoms with Gasteiger partial charge in [0, 0.05) is 37.5 Å². The van der Waals surface area contributed by atoms with E-state index in [2.05, 4.69) is 4.98 Å². The Hall–Kier alpha value is -2.34. The van der Waals surface area contributed by atoms with Crippen LogP contribution in [0, 0.1) is 5.92 Å². The Morgan fingerprint density at radius 2 is 2.04 bits per heavy atom. The monoisotopic (exact) mass is 346 g/mol. The van der Waals surface area contributed by atoms with E-state index in [1.54, 1.807) is 42.7 Å². The zero-order chi connectivity index (χ0) is 17.7. The summed E-state index contributed by atoms with van der Waals surface area (Å²) in [5, 5.41) is 0. The molecule has 1 aliphatic rings. The summed E-state index contributed by atoms with van der Waals surface area (Å²) in [7, 11) is 0. The van der Waals surface area contributed by atoms with E-state index in [1.807, 2.05) is 12.1 Å². The molecule has 1 unspecified atom stereocenters. The molecule has 0 N–H and O–H groups in total. The van der Waals surface area contributed by atoms with Crippen molar-refractivity contribution in [2.75, 3.05) is 19.7 Å². The quantitative estimate of drug-likeness (QED) is 0.833. The number of amides is 1. The second kappa shape index (κ2) is 7.70. The molecule has 0 spiro atoms. The predicted octanol–water partition coefficient (Wildman–Crippen LogP) is 3.40. The van der Waals surface area contributed by atoms with Crippen LogP contribution in [0.4, 0.5) is 8.78 Å². The normalized spacial score (nSPS) is 19.6. The first-order chi connectivity index (χ1) is 12.1. The number of pyridine rings is 1. The molecular formula is C19H20F2N2O2. The standard InChI is InChI=1S/C19H20F2N2O2/c20-19(21)8-10-23(18(24)16-6-2-1-3-7-16)12-17(19)14-25-13-15-5-4-9-22-11-15/h1-7,9,11,17H,8,10,12-14H2. The zero-order valence-electron chi connectivity index (χ0n) is 13.8. The molecule has 6 heteroatoms. The number of carbonyl (C=O) groups is 1. The molecule has 132 valence electrons. The Kier molecular flexibility index (Phi) is 5.38. The fraction of sp³-hybridized carbons (Fsp3) is 0.368. The van der Waals surface area contributed by atoms with E-state index in [-0.39, 0.29) is 38.6 Å². The third kappa shape index (κ3) is 4.39. The maximum atomic E-state index is 14.2. The Labute approximate surface area is 145 Å². The van der Waals surface area contributed by atoms with Gasteiger partial charge in [0.25, 0.3) is 11.8 Å². The fourth-order valence-corrected chi connectivity index (χ4v) is 2.90. The van der Waals surface area contributed by atoms with Gasteiger partial charge in [-0.2, -0.15) is 0 Å². The number of likely N-dealkylation sites (tertiary alicyclic amines) is 1. The van der Waals surface area contributed by atoms with Gasteiger partial charge >= 0.3 is 0 Å². The van der Waals surface area contributed by atoms with Crippen molar-refractivity contribution in [3.63, 3.8) is 0 Å². The summed E-state index contributed by atoms with van der Waals surface area (Å²) in [4.78, 5) is 17.9. The SMILES string of the molecule is O=C(c1ccccc1)N1CCC(F)(F)C(COCc2cccnc2)C1. The zero-order valence-corrected chi connectivity index (χ0v) is 13.8. The van der Waals surface area contributed by atoms with Crippen LogP contribution < -0.4 is 0 Å². The minimum atomic E-state index is -2.83. The highest BCUT2D eigenvalue weighted by molar-refractivity contribution is 5.94. The molecule has 4 nitrogen and oxygen atoms in total. The molecular weight excluding hydrogens is 326 g/mol. The van der Waals surface area contributed by atoms with Crippen molar-refractivity contribution in [2.45, 2.75) is 19.0 Å². The lowest BCUT2D eigenvalue weighted by Crippen LogP contribution is -2.50. The number of halogens is 2. The molecule has 1 saturated heterocycles. The largest absolute Gasteiger partial charge is 0.376 e. The van der Waals surface area contributed by atoms with Crippen LogP contribution in [0.2, 0.25) is 0 Å². The number of nitrogens with zero attached hydrogens (tertiary/aromatic N) is 2. The maximum absolute atomic E-state index is 14.2. The first kappa shape index (κ1) is 17.5. The van der Waals surface area contributed by atoms with E-state index in [9.17, 15) is 13.6 Å². The van der Waals surface area contributed by atoms with Gasteiger partial charge in [0.1, 0.15) is 0 Å². The van der Waals surface area contributed by atoms with Crippen LogP contribution in [-0.2, 0) is 11.3 Å². The van der Waals surface area contributed by atoms with E-state index < -0.39 is 11.8 Å². The van der Waals surface area contributed by atoms with Crippen molar-refractivity contribution < 1.29 is 18.3 Å². The smallest absolute Gasteiger partial charge is 0.256 e. The van der Waals surface area contributed by atoms with Crippen molar-refractivity contribution in [3.8, 4) is 0 Å². The summed E-state index contributed by atoms with van der Waals surface area (Å²) in [6, 6.07) is 12.3. The molecule has 1 atom stereocenters. The van der Waals surface area contributed by atoms with E-state index in [4.69, 9.17) is 4.74 Å². The lowest BCUT2D eigenvalue weighted by atomic mass is 9.93. The van der Waals surface area contributed by atoms with Crippen LogP contribution in [-0.4, -0.2) is 41.4 Å². The number of alkyl halides is 2. The molecule has 0 saturated carbocycles. The number of piperidine rings is 1. The van der Waals surface area contributed by atoms with Crippen LogP contribution in [0.15, 0.2) is 54.9 Å². The number of rotatable bonds is 5. The summed E-state index contributed by atoms with van der Waals surface area (Å²) in [6.45, 7) is 0.182. The maximum Gasteiger partial charge on any atom is 0.256 e. The first-order valence-electron chi connectivity index (χ1n) is 8.25. The highest BCUT2D eigenvalue weighted by Crippen LogP contribution is 2.34. The van der Waals surface area contributed by atoms with Gasteiger partial charge in [-0.3, -0.25) is 9.78 Å². The van der Waals surface area contributed by atoms with Gasteiger partial charge in [0.2, 0.25) is 0 Å². The minimum absolute atomic E-state index is 0.00618. The molecule has 1 aromatic heterocycles. The summed E-state index contributed by atoms with van der Waals surface area (Å²) >= 11 is 0. The molecule has 2 aromatic rings. The number of hydrogen-bond donors (Lipinski definition) is 0. The topological polar surface area (TPSA) is 42.4 Å². The first-order valence-corrected chi connectivity index (χ1v) is 8.25. The van der Waals surface area contributed by atoms with Crippen molar-refractivity contribution in [1.82, 2.24) is 9.88 Å². The van der Waals surface area contributed by atoms with Gasteiger partial charge in [-0.1, -0.05) is 24.3 Å². The molecule has 1 fully saturated rings. The average molecular weight is 346 g/mol. The van der Waals surface area contributed by atoms with Gasteiger partial charge in [-0.15, -0.1) is 0 Å². The molecule has 0 aliphatic carbocycles. The van der Waals surface area contributed by atoms with Gasteiger partial charge in [-0.05, 0) is 23.8 Å². The molecule has 2 heterocycles. The summed E-state index contributed by atoms with van der Waals surface area (Å²) in [5.41, 5.74) is 1.35. The summed E-state index contributed by atoms with van der Waals surface area (Å²) in [5.74, 6) is -4.05. The molecule has 0 bridgehead atoms. The van der Waals surface area contributed by atoms with Crippen molar-refractivity contribution in [3.05, 3.63) is 66.0 Å². The van der Waals surface area contributed by atoms with E-state index in [1.165, 1.54) is 4.90 Å². The number of aromatic nitrogens is 1. The van der Waals surface area contributed by atoms with Gasteiger partial charge in [0.15, 0.2) is 0 Å². The van der Waals surface area contributed by atoms with Gasteiger partial charge in [0.05, 0.1) is 19.1 Å². The van der Waals surface area contributed by atoms with Crippen LogP contribution >= 0.6 is 0 Å². The van der Waals surface area contributed by atoms with Crippen LogP contribution in [0.1, 0.15) is 22.3 Å². The van der Waals surface area contributed by atoms with Crippen LogP contribution in [0.5, 0.6) is 0 Å². The van der Waals surface area contributed by atoms with E-state index >= 15 is 0 Å². The van der Waals surface area contributed by atoms with Crippen LogP contribution in [0.3, 0.4) is 0 Å². The summed E-state index contributed by atoms with van der Waals surface area (Å²) in [6.07, 6.45) is 2.95. The minimum Gasteiger partial charge on any atom is -0.376 e. The third-order valence-electron chi connectivity index (χ3n) is 4.37. The number of hydrogen-bond acceptors (Lipinski definition) is 3. The van der Waals surface area contributed by atoms with E-state index in [0.29, 0.717) is 5.56 Å². The number of ether oxygens (including phenoxy) is 1. The van der Waals surface area contributed by atoms with Crippen LogP contribution in [0.25, 0.3) is 0 Å². The third-order valence-corrected chi connectivity index (χ3v) is 4.37. The number of carbonyl (C=O) groups excluding carboxylic acids is 1. The second-order valence-corrected chi connectivity index (χ2v) is 6.20. The van der Waals surface area contributed by atoms with Crippen molar-refractivity contribution in [1.29, 1.82) is 0 Å². The fourth-order valence-electron chi connectivity index (χ4n) is 2.90. The Balaban J connectivity index is 1.60. The molecule has 3 rings (SSSR count). The average Bonchev–Trinajstić information content (AvgIpc) is 2.64. The second-order valence-electron chi connectivity index (χ2n) is 6.20. The van der Waals surface area contributed by atoms with Crippen molar-refractivity contribution in [2.24, 2.45) is 5.92 Å². The molecule has 1 aliphatic heterocycles. The lowest BCUT2D eigenvalue weighted by molar-refractivity contribution is -0.124. The Morgan fingerprint density at radius 1 is 1.24 bits per heavy atom. The predicted molar refractivity (Wildman–Crippen MR) is 89.3 cm³/mol. The molecule has 0 radical (unpaired) electrons. The van der Waals surface area contributed by atoms with E-state index in [0.717, 1.165) is 5.56 Å². The Bertz CT molecular complexity index is 695. The van der Waals surface area contributed by atoms with Crippen molar-refractivity contribution >= 4 is 5.91 Å². The van der Waals surface area contributed by atoms with Gasteiger partial charge < -0.3 is 9.64 Å². The highest BCUT2D eigenvalue weighted by atomic mass is 19.3. The highest BCUT2D eigenvalue weighted by Gasteiger charge is 2.45. The van der Waals surface area contributed by atoms with Gasteiger partial charge in [-0.25, -0.2) is 8.78 Å². The number of benzene rings is 1. The summed E-state index contributed by atoms with van der Waals surface area (Å²) < 4.78 is 33.9. The molecule has 1 aromatic carbocycles.